The third kappa shape index (κ3) is 3.91. The molecule has 0 unspecified atom stereocenters. The van der Waals surface area contributed by atoms with Gasteiger partial charge in [-0.2, -0.15) is 0 Å². The van der Waals surface area contributed by atoms with Crippen molar-refractivity contribution in [3.63, 3.8) is 0 Å². The molecule has 0 heterocycles. The molecule has 0 N–H and O–H groups in total. The second-order valence-electron chi connectivity index (χ2n) is 7.04. The van der Waals surface area contributed by atoms with E-state index >= 15 is 0 Å². The molecule has 2 atom stereocenters. The molecule has 0 aliphatic rings. The molecule has 0 aromatic heterocycles. The number of Topliss-reactive ketones (excluding diaryl/α,β-unsaturated/α-hetero) is 1. The molecule has 2 aromatic rings. The van der Waals surface area contributed by atoms with Gasteiger partial charge in [0.25, 0.3) is 0 Å². The van der Waals surface area contributed by atoms with E-state index < -0.39 is 5.41 Å². The van der Waals surface area contributed by atoms with Crippen molar-refractivity contribution < 1.29 is 4.79 Å². The van der Waals surface area contributed by atoms with E-state index in [0.717, 1.165) is 17.5 Å². The minimum Gasteiger partial charge on any atom is -0.307 e. The maximum atomic E-state index is 13.7. The summed E-state index contributed by atoms with van der Waals surface area (Å²) in [5, 5.41) is 0. The molecule has 0 amide bonds. The Morgan fingerprint density at radius 3 is 1.80 bits per heavy atom. The molecule has 0 fully saturated rings. The topological polar surface area (TPSA) is 20.3 Å². The predicted octanol–water partition coefficient (Wildman–Crippen LogP) is 4.70. The lowest BCUT2D eigenvalue weighted by Gasteiger charge is -2.39. The summed E-state index contributed by atoms with van der Waals surface area (Å²) in [5.41, 5.74) is 1.42. The van der Waals surface area contributed by atoms with Gasteiger partial charge in [-0.25, -0.2) is 0 Å². The zero-order valence-corrected chi connectivity index (χ0v) is 15.8. The lowest BCUT2D eigenvalue weighted by molar-refractivity contribution is -0.126. The summed E-state index contributed by atoms with van der Waals surface area (Å²) < 4.78 is 0. The summed E-state index contributed by atoms with van der Waals surface area (Å²) in [6.07, 6.45) is 2.48. The predicted molar refractivity (Wildman–Crippen MR) is 106 cm³/mol. The fourth-order valence-electron chi connectivity index (χ4n) is 3.35. The van der Waals surface area contributed by atoms with E-state index in [9.17, 15) is 4.79 Å². The molecule has 0 radical (unpaired) electrons. The van der Waals surface area contributed by atoms with Crippen LogP contribution in [0.4, 0.5) is 0 Å². The summed E-state index contributed by atoms with van der Waals surface area (Å²) in [7, 11) is 4.12. The highest BCUT2D eigenvalue weighted by atomic mass is 16.1. The first-order chi connectivity index (χ1) is 11.9. The Kier molecular flexibility index (Phi) is 6.33. The molecule has 0 spiro atoms. The van der Waals surface area contributed by atoms with Crippen LogP contribution in [0.3, 0.4) is 0 Å². The van der Waals surface area contributed by atoms with Gasteiger partial charge in [0.2, 0.25) is 0 Å². The molecule has 2 rings (SSSR count). The Bertz CT molecular complexity index is 651. The molecule has 2 heteroatoms. The van der Waals surface area contributed by atoms with Gasteiger partial charge >= 0.3 is 0 Å². The van der Waals surface area contributed by atoms with Gasteiger partial charge in [-0.3, -0.25) is 4.79 Å². The second kappa shape index (κ2) is 8.26. The summed E-state index contributed by atoms with van der Waals surface area (Å²) in [4.78, 5) is 15.8. The summed E-state index contributed by atoms with van der Waals surface area (Å²) >= 11 is 0. The molecule has 0 aliphatic heterocycles. The van der Waals surface area contributed by atoms with Crippen molar-refractivity contribution >= 4 is 5.78 Å². The highest BCUT2D eigenvalue weighted by molar-refractivity contribution is 5.96. The number of rotatable bonds is 8. The number of nitrogens with zero attached hydrogens (tertiary/aromatic N) is 1. The third-order valence-electron chi connectivity index (χ3n) is 5.20. The van der Waals surface area contributed by atoms with Crippen LogP contribution >= 0.6 is 0 Å². The van der Waals surface area contributed by atoms with Crippen molar-refractivity contribution in [2.45, 2.75) is 31.7 Å². The van der Waals surface area contributed by atoms with E-state index in [1.165, 1.54) is 0 Å². The minimum absolute atomic E-state index is 0.202. The Labute approximate surface area is 152 Å². The highest BCUT2D eigenvalue weighted by Gasteiger charge is 2.44. The molecule has 0 saturated carbocycles. The fourth-order valence-corrected chi connectivity index (χ4v) is 3.35. The molecule has 0 aliphatic carbocycles. The van der Waals surface area contributed by atoms with Crippen molar-refractivity contribution in [1.82, 2.24) is 4.90 Å². The van der Waals surface area contributed by atoms with Crippen LogP contribution in [-0.2, 0) is 10.2 Å². The van der Waals surface area contributed by atoms with Crippen molar-refractivity contribution in [2.75, 3.05) is 14.1 Å². The molecular weight excluding hydrogens is 306 g/mol. The Balaban J connectivity index is 2.73. The molecular formula is C23H29NO. The van der Waals surface area contributed by atoms with E-state index in [2.05, 4.69) is 56.8 Å². The van der Waals surface area contributed by atoms with E-state index in [-0.39, 0.29) is 17.7 Å². The lowest BCUT2D eigenvalue weighted by Crippen LogP contribution is -2.45. The van der Waals surface area contributed by atoms with Gasteiger partial charge in [0.1, 0.15) is 0 Å². The normalized spacial score (nSPS) is 14.1. The van der Waals surface area contributed by atoms with Crippen LogP contribution < -0.4 is 0 Å². The van der Waals surface area contributed by atoms with Crippen LogP contribution in [0.5, 0.6) is 0 Å². The van der Waals surface area contributed by atoms with E-state index in [4.69, 9.17) is 0 Å². The quantitative estimate of drug-likeness (QED) is 0.652. The second-order valence-corrected chi connectivity index (χ2v) is 7.04. The number of ketones is 1. The molecule has 25 heavy (non-hydrogen) atoms. The molecule has 0 bridgehead atoms. The van der Waals surface area contributed by atoms with Crippen LogP contribution in [0, 0.1) is 5.92 Å². The van der Waals surface area contributed by atoms with Crippen molar-refractivity contribution in [3.05, 3.63) is 84.4 Å². The number of hydrogen-bond acceptors (Lipinski definition) is 2. The smallest absolute Gasteiger partial charge is 0.154 e. The Morgan fingerprint density at radius 2 is 1.44 bits per heavy atom. The number of carbonyl (C=O) groups is 1. The first-order valence-corrected chi connectivity index (χ1v) is 8.87. The van der Waals surface area contributed by atoms with Gasteiger partial charge in [-0.15, -0.1) is 6.58 Å². The van der Waals surface area contributed by atoms with Crippen LogP contribution in [0.25, 0.3) is 0 Å². The largest absolute Gasteiger partial charge is 0.307 e. The number of hydrogen-bond donors (Lipinski definition) is 0. The zero-order valence-electron chi connectivity index (χ0n) is 15.8. The lowest BCUT2D eigenvalue weighted by atomic mass is 9.65. The fraction of sp³-hybridized carbons (Fsp3) is 0.348. The monoisotopic (exact) mass is 335 g/mol. The van der Waals surface area contributed by atoms with Crippen LogP contribution in [0.1, 0.15) is 31.4 Å². The number of carbonyl (C=O) groups excluding carboxylic acids is 1. The van der Waals surface area contributed by atoms with Gasteiger partial charge in [0.15, 0.2) is 5.78 Å². The van der Waals surface area contributed by atoms with Crippen LogP contribution in [0.2, 0.25) is 0 Å². The summed E-state index contributed by atoms with van der Waals surface area (Å²) in [6.45, 7) is 7.98. The maximum Gasteiger partial charge on any atom is 0.154 e. The standard InChI is InChI=1S/C23H29NO/c1-6-18(2)22(25)23(17-19(3)24(4)5,20-13-9-7-10-14-20)21-15-11-8-12-16-21/h6-16,18-19H,1,17H2,2-5H3/t18-,19-/m1/s1. The summed E-state index contributed by atoms with van der Waals surface area (Å²) in [6, 6.07) is 20.6. The molecule has 0 saturated heterocycles. The zero-order chi connectivity index (χ0) is 18.4. The molecule has 2 nitrogen and oxygen atoms in total. The Morgan fingerprint density at radius 1 is 1.00 bits per heavy atom. The van der Waals surface area contributed by atoms with Gasteiger partial charge in [-0.1, -0.05) is 73.7 Å². The number of benzene rings is 2. The first-order valence-electron chi connectivity index (χ1n) is 8.87. The minimum atomic E-state index is -0.681. The van der Waals surface area contributed by atoms with Gasteiger partial charge in [-0.05, 0) is 38.6 Å². The van der Waals surface area contributed by atoms with Gasteiger partial charge < -0.3 is 4.90 Å². The Hall–Kier alpha value is -2.19. The summed E-state index contributed by atoms with van der Waals surface area (Å²) in [5.74, 6) is -0.0108. The third-order valence-corrected chi connectivity index (χ3v) is 5.20. The molecule has 2 aromatic carbocycles. The van der Waals surface area contributed by atoms with Crippen molar-refractivity contribution in [2.24, 2.45) is 5.92 Å². The highest BCUT2D eigenvalue weighted by Crippen LogP contribution is 2.40. The van der Waals surface area contributed by atoms with Crippen molar-refractivity contribution in [1.29, 1.82) is 0 Å². The average molecular weight is 335 g/mol. The maximum absolute atomic E-state index is 13.7. The van der Waals surface area contributed by atoms with E-state index in [1.54, 1.807) is 6.08 Å². The SMILES string of the molecule is C=C[C@@H](C)C(=O)C(C[C@@H](C)N(C)C)(c1ccccc1)c1ccccc1. The van der Waals surface area contributed by atoms with Crippen LogP contribution in [-0.4, -0.2) is 30.8 Å². The van der Waals surface area contributed by atoms with Crippen molar-refractivity contribution in [3.8, 4) is 0 Å². The molecule has 132 valence electrons. The average Bonchev–Trinajstić information content (AvgIpc) is 2.66. The van der Waals surface area contributed by atoms with E-state index in [0.29, 0.717) is 0 Å². The number of allylic oxidation sites excluding steroid dienone is 1. The van der Waals surface area contributed by atoms with Crippen LogP contribution in [0.15, 0.2) is 73.3 Å². The first kappa shape index (κ1) is 19.1. The van der Waals surface area contributed by atoms with Gasteiger partial charge in [0.05, 0.1) is 5.41 Å². The van der Waals surface area contributed by atoms with Gasteiger partial charge in [0, 0.05) is 12.0 Å². The van der Waals surface area contributed by atoms with E-state index in [1.807, 2.05) is 43.3 Å².